The van der Waals surface area contributed by atoms with Crippen molar-refractivity contribution in [3.63, 3.8) is 0 Å². The minimum Gasteiger partial charge on any atom is -0.192 e. The molecule has 0 aliphatic carbocycles. The van der Waals surface area contributed by atoms with Crippen LogP contribution in [0.25, 0.3) is 11.1 Å². The van der Waals surface area contributed by atoms with Gasteiger partial charge in [-0.2, -0.15) is 21.0 Å². The van der Waals surface area contributed by atoms with Crippen LogP contribution in [0.5, 0.6) is 0 Å². The van der Waals surface area contributed by atoms with Crippen LogP contribution < -0.4 is 0 Å². The van der Waals surface area contributed by atoms with E-state index in [2.05, 4.69) is 0 Å². The van der Waals surface area contributed by atoms with Gasteiger partial charge in [-0.3, -0.25) is 0 Å². The van der Waals surface area contributed by atoms with E-state index in [0.29, 0.717) is 33.4 Å². The molecule has 0 N–H and O–H groups in total. The second-order valence-electron chi connectivity index (χ2n) is 3.97. The molecule has 0 unspecified atom stereocenters. The van der Waals surface area contributed by atoms with Gasteiger partial charge in [-0.1, -0.05) is 12.1 Å². The van der Waals surface area contributed by atoms with Crippen molar-refractivity contribution in [3.05, 3.63) is 58.7 Å². The first-order valence-electron chi connectivity index (χ1n) is 5.62. The van der Waals surface area contributed by atoms with Gasteiger partial charge in [0.2, 0.25) is 0 Å². The second-order valence-corrected chi connectivity index (χ2v) is 3.97. The average Bonchev–Trinajstić information content (AvgIpc) is 2.53. The molecule has 20 heavy (non-hydrogen) atoms. The highest BCUT2D eigenvalue weighted by molar-refractivity contribution is 5.77. The molecule has 0 saturated carbocycles. The minimum atomic E-state index is 0.324. The Morgan fingerprint density at radius 1 is 0.550 bits per heavy atom. The van der Waals surface area contributed by atoms with Crippen molar-refractivity contribution in [1.29, 1.82) is 21.0 Å². The van der Waals surface area contributed by atoms with Crippen LogP contribution >= 0.6 is 0 Å². The third-order valence-corrected chi connectivity index (χ3v) is 2.83. The van der Waals surface area contributed by atoms with Gasteiger partial charge in [-0.25, -0.2) is 0 Å². The van der Waals surface area contributed by atoms with E-state index in [-0.39, 0.29) is 0 Å². The lowest BCUT2D eigenvalue weighted by Gasteiger charge is -2.07. The molecule has 2 rings (SSSR count). The summed E-state index contributed by atoms with van der Waals surface area (Å²) in [5.41, 5.74) is 2.57. The van der Waals surface area contributed by atoms with E-state index in [4.69, 9.17) is 21.0 Å². The van der Waals surface area contributed by atoms with Gasteiger partial charge in [0.05, 0.1) is 46.5 Å². The molecule has 0 fully saturated rings. The molecule has 0 aromatic heterocycles. The Morgan fingerprint density at radius 2 is 0.950 bits per heavy atom. The molecule has 2 aromatic carbocycles. The van der Waals surface area contributed by atoms with Crippen LogP contribution in [0, 0.1) is 45.3 Å². The molecule has 0 aliphatic heterocycles. The van der Waals surface area contributed by atoms with Crippen molar-refractivity contribution in [2.75, 3.05) is 0 Å². The summed E-state index contributed by atoms with van der Waals surface area (Å²) < 4.78 is 0. The van der Waals surface area contributed by atoms with Crippen LogP contribution in [0.4, 0.5) is 0 Å². The van der Waals surface area contributed by atoms with Crippen molar-refractivity contribution in [3.8, 4) is 35.4 Å². The van der Waals surface area contributed by atoms with Gasteiger partial charge < -0.3 is 0 Å². The van der Waals surface area contributed by atoms with E-state index in [1.165, 1.54) is 12.1 Å². The van der Waals surface area contributed by atoms with Gasteiger partial charge in [-0.05, 0) is 24.3 Å². The highest BCUT2D eigenvalue weighted by atomic mass is 14.3. The Morgan fingerprint density at radius 3 is 1.25 bits per heavy atom. The summed E-state index contributed by atoms with van der Waals surface area (Å²) in [5, 5.41) is 36.0. The fourth-order valence-corrected chi connectivity index (χ4v) is 1.88. The number of nitrogens with zero attached hydrogens (tertiary/aromatic N) is 4. The van der Waals surface area contributed by atoms with Crippen LogP contribution in [0.1, 0.15) is 22.3 Å². The first-order valence-corrected chi connectivity index (χ1v) is 5.62. The highest BCUT2D eigenvalue weighted by Gasteiger charge is 2.11. The number of hydrogen-bond donors (Lipinski definition) is 0. The summed E-state index contributed by atoms with van der Waals surface area (Å²) in [6, 6.07) is 17.4. The van der Waals surface area contributed by atoms with E-state index in [1.54, 1.807) is 24.3 Å². The van der Waals surface area contributed by atoms with E-state index in [9.17, 15) is 0 Å². The summed E-state index contributed by atoms with van der Waals surface area (Å²) in [6.07, 6.45) is 0. The van der Waals surface area contributed by atoms with Gasteiger partial charge >= 0.3 is 0 Å². The van der Waals surface area contributed by atoms with Crippen molar-refractivity contribution in [2.45, 2.75) is 0 Å². The molecule has 2 aromatic rings. The predicted octanol–water partition coefficient (Wildman–Crippen LogP) is 2.84. The molecule has 0 bridgehead atoms. The zero-order chi connectivity index (χ0) is 14.5. The molecular formula is C16H6N4. The zero-order valence-electron chi connectivity index (χ0n) is 10.3. The topological polar surface area (TPSA) is 95.2 Å². The maximum Gasteiger partial charge on any atom is 0.0998 e. The van der Waals surface area contributed by atoms with Crippen LogP contribution in [0.2, 0.25) is 0 Å². The summed E-state index contributed by atoms with van der Waals surface area (Å²) in [4.78, 5) is 0. The first-order chi connectivity index (χ1) is 9.73. The largest absolute Gasteiger partial charge is 0.192 e. The normalized spacial score (nSPS) is 8.80. The lowest BCUT2D eigenvalue weighted by molar-refractivity contribution is 1.42. The van der Waals surface area contributed by atoms with Crippen LogP contribution in [-0.4, -0.2) is 0 Å². The van der Waals surface area contributed by atoms with Gasteiger partial charge in [-0.15, -0.1) is 0 Å². The monoisotopic (exact) mass is 254 g/mol. The number of benzene rings is 2. The molecular weight excluding hydrogens is 248 g/mol. The van der Waals surface area contributed by atoms with E-state index < -0.39 is 0 Å². The number of rotatable bonds is 1. The Labute approximate surface area is 116 Å². The van der Waals surface area contributed by atoms with E-state index >= 15 is 0 Å². The second kappa shape index (κ2) is 5.36. The molecule has 0 heterocycles. The smallest absolute Gasteiger partial charge is 0.0998 e. The summed E-state index contributed by atoms with van der Waals surface area (Å²) in [7, 11) is 0. The molecule has 0 amide bonds. The van der Waals surface area contributed by atoms with E-state index in [0.717, 1.165) is 0 Å². The summed E-state index contributed by atoms with van der Waals surface area (Å²) in [5.74, 6) is 0. The van der Waals surface area contributed by atoms with Crippen molar-refractivity contribution in [2.24, 2.45) is 0 Å². The Hall–Kier alpha value is -3.60. The first kappa shape index (κ1) is 12.8. The molecule has 0 saturated heterocycles. The van der Waals surface area contributed by atoms with Gasteiger partial charge in [0.15, 0.2) is 0 Å². The van der Waals surface area contributed by atoms with Crippen LogP contribution in [0.3, 0.4) is 0 Å². The predicted molar refractivity (Wildman–Crippen MR) is 70.7 cm³/mol. The molecule has 4 heteroatoms. The van der Waals surface area contributed by atoms with Crippen molar-refractivity contribution < 1.29 is 0 Å². The SMILES string of the molecule is N#Cc1ccc(-c2ccc(C#N)cc2C#N)c(C#N)c1. The van der Waals surface area contributed by atoms with Crippen molar-refractivity contribution >= 4 is 0 Å². The third-order valence-electron chi connectivity index (χ3n) is 2.83. The molecule has 90 valence electrons. The summed E-state index contributed by atoms with van der Waals surface area (Å²) in [6.45, 7) is 0. The number of nitriles is 4. The van der Waals surface area contributed by atoms with E-state index in [1.807, 2.05) is 24.3 Å². The molecule has 0 radical (unpaired) electrons. The molecule has 0 aliphatic rings. The fourth-order valence-electron chi connectivity index (χ4n) is 1.88. The number of hydrogen-bond acceptors (Lipinski definition) is 4. The van der Waals surface area contributed by atoms with Gasteiger partial charge in [0.1, 0.15) is 0 Å². The van der Waals surface area contributed by atoms with Gasteiger partial charge in [0, 0.05) is 11.1 Å². The van der Waals surface area contributed by atoms with Crippen LogP contribution in [0.15, 0.2) is 36.4 Å². The summed E-state index contributed by atoms with van der Waals surface area (Å²) >= 11 is 0. The standard InChI is InChI=1S/C16H6N4/c17-7-11-1-3-15(13(5-11)9-19)16-4-2-12(8-18)6-14(16)10-20/h1-6H. The average molecular weight is 254 g/mol. The maximum absolute atomic E-state index is 9.17. The zero-order valence-corrected chi connectivity index (χ0v) is 10.3. The molecule has 0 spiro atoms. The Kier molecular flexibility index (Phi) is 3.45. The third kappa shape index (κ3) is 2.19. The quantitative estimate of drug-likeness (QED) is 0.781. The lowest BCUT2D eigenvalue weighted by atomic mass is 9.94. The van der Waals surface area contributed by atoms with Crippen LogP contribution in [-0.2, 0) is 0 Å². The fraction of sp³-hybridized carbons (Fsp3) is 0. The minimum absolute atomic E-state index is 0.324. The lowest BCUT2D eigenvalue weighted by Crippen LogP contribution is -1.91. The van der Waals surface area contributed by atoms with Gasteiger partial charge in [0.25, 0.3) is 0 Å². The maximum atomic E-state index is 9.17. The Balaban J connectivity index is 2.71. The molecule has 4 nitrogen and oxygen atoms in total. The molecule has 0 atom stereocenters. The highest BCUT2D eigenvalue weighted by Crippen LogP contribution is 2.28. The Bertz CT molecular complexity index is 779. The van der Waals surface area contributed by atoms with Crippen molar-refractivity contribution in [1.82, 2.24) is 0 Å².